The number of anilines is 1. The molecule has 1 aliphatic heterocycles. The highest BCUT2D eigenvalue weighted by atomic mass is 16.5. The predicted molar refractivity (Wildman–Crippen MR) is 242 cm³/mol. The van der Waals surface area contributed by atoms with Crippen molar-refractivity contribution in [2.24, 2.45) is 23.3 Å². The standard InChI is InChI=1S/C49H59N7O7/c1-28-22-43(60)46(32-12-15-40(57)35(25-32)36-23-30(9-16-44(36)63-21-20-52)24-39(55-47(28)61)41(58)8-7-18-50)56(6)48(62)33(17-19-51)26-42(59)45-29(2)54-38(27-37(45)53)31-10-13-34(14-11-31)49(3,4)5/h9-16,23,25,27-28,33,39,46,57H,7-8,17,19-22,24,26,51-52H2,1-6H3,(H2,53,54)(H,55,61)/t28-,33-,39+,46+/m1/s1. The number of nitrogens with two attached hydrogens (primary N) is 3. The quantitative estimate of drug-likeness (QED) is 0.0932. The molecule has 5 rings (SSSR count). The monoisotopic (exact) mass is 857 g/mol. The van der Waals surface area contributed by atoms with Crippen LogP contribution in [0.3, 0.4) is 0 Å². The lowest BCUT2D eigenvalue weighted by molar-refractivity contribution is -0.142. The van der Waals surface area contributed by atoms with Crippen LogP contribution in [0.15, 0.2) is 66.7 Å². The first-order valence-corrected chi connectivity index (χ1v) is 21.3. The molecule has 63 heavy (non-hydrogen) atoms. The number of amides is 2. The predicted octanol–water partition coefficient (Wildman–Crippen LogP) is 5.89. The van der Waals surface area contributed by atoms with Gasteiger partial charge in [-0.25, -0.2) is 0 Å². The minimum Gasteiger partial charge on any atom is -0.507 e. The molecule has 14 heteroatoms. The van der Waals surface area contributed by atoms with Crippen molar-refractivity contribution in [3.05, 3.63) is 94.7 Å². The fraction of sp³-hybridized carbons (Fsp3) is 0.408. The maximum Gasteiger partial charge on any atom is 0.226 e. The van der Waals surface area contributed by atoms with Crippen LogP contribution in [0, 0.1) is 30.1 Å². The molecule has 2 amide bonds. The molecule has 14 nitrogen and oxygen atoms in total. The normalized spacial score (nSPS) is 17.2. The highest BCUT2D eigenvalue weighted by Gasteiger charge is 2.36. The lowest BCUT2D eigenvalue weighted by atomic mass is 9.86. The molecule has 1 aromatic heterocycles. The number of phenolic OH excluding ortho intramolecular Hbond substituents is 1. The molecule has 1 aliphatic rings. The summed E-state index contributed by atoms with van der Waals surface area (Å²) in [5.74, 6) is -4.07. The zero-order chi connectivity index (χ0) is 46.2. The first-order chi connectivity index (χ1) is 29.9. The van der Waals surface area contributed by atoms with E-state index in [1.165, 1.54) is 24.1 Å². The van der Waals surface area contributed by atoms with Crippen LogP contribution in [0.25, 0.3) is 22.4 Å². The SMILES string of the molecule is Cc1nc(-c2ccc(C(C)(C)C)cc2)cc(N)c1C(=O)C[C@@H](CCN)C(=O)N(C)[C@@H]1C(=O)C[C@@H](C)C(=O)N[C@H](C(=O)CCC#N)Cc2ccc(OCCN)c(c2)-c2cc1ccc2O. The van der Waals surface area contributed by atoms with Crippen LogP contribution in [-0.4, -0.2) is 76.9 Å². The van der Waals surface area contributed by atoms with Gasteiger partial charge in [0.05, 0.1) is 29.1 Å². The lowest BCUT2D eigenvalue weighted by Gasteiger charge is -2.32. The molecule has 0 aliphatic carbocycles. The van der Waals surface area contributed by atoms with E-state index in [-0.39, 0.29) is 92.0 Å². The van der Waals surface area contributed by atoms with Gasteiger partial charge in [-0.3, -0.25) is 29.0 Å². The Morgan fingerprint density at radius 3 is 2.35 bits per heavy atom. The number of ketones is 3. The van der Waals surface area contributed by atoms with Gasteiger partial charge in [-0.15, -0.1) is 0 Å². The van der Waals surface area contributed by atoms with E-state index in [0.717, 1.165) is 11.1 Å². The zero-order valence-electron chi connectivity index (χ0n) is 37.0. The molecule has 0 fully saturated rings. The van der Waals surface area contributed by atoms with Crippen molar-refractivity contribution >= 4 is 34.9 Å². The van der Waals surface area contributed by atoms with E-state index in [4.69, 9.17) is 26.9 Å². The number of nitrogens with one attached hydrogen (secondary N) is 1. The Hall–Kier alpha value is -6.43. The largest absolute Gasteiger partial charge is 0.507 e. The number of hydrogen-bond donors (Lipinski definition) is 5. The molecular weight excluding hydrogens is 799 g/mol. The van der Waals surface area contributed by atoms with Crippen LogP contribution in [0.4, 0.5) is 5.69 Å². The van der Waals surface area contributed by atoms with Crippen LogP contribution in [0.5, 0.6) is 11.5 Å². The molecule has 0 saturated carbocycles. The number of nitrogens with zero attached hydrogens (tertiary/aromatic N) is 3. The van der Waals surface area contributed by atoms with Gasteiger partial charge in [0.2, 0.25) is 11.8 Å². The van der Waals surface area contributed by atoms with Gasteiger partial charge in [0.1, 0.15) is 24.1 Å². The number of nitriles is 1. The number of benzene rings is 3. The number of ether oxygens (including phenoxy) is 1. The van der Waals surface area contributed by atoms with Crippen LogP contribution in [0.2, 0.25) is 0 Å². The van der Waals surface area contributed by atoms with E-state index in [1.54, 1.807) is 44.2 Å². The fourth-order valence-corrected chi connectivity index (χ4v) is 8.03. The number of aryl methyl sites for hydroxylation is 1. The number of hydrogen-bond acceptors (Lipinski definition) is 12. The van der Waals surface area contributed by atoms with E-state index in [0.29, 0.717) is 33.8 Å². The first-order valence-electron chi connectivity index (χ1n) is 21.3. The summed E-state index contributed by atoms with van der Waals surface area (Å²) in [4.78, 5) is 76.4. The van der Waals surface area contributed by atoms with Gasteiger partial charge in [0.25, 0.3) is 0 Å². The van der Waals surface area contributed by atoms with Crippen molar-refractivity contribution in [1.82, 2.24) is 15.2 Å². The number of phenols is 1. The minimum absolute atomic E-state index is 0.0347. The zero-order valence-corrected chi connectivity index (χ0v) is 37.0. The lowest BCUT2D eigenvalue weighted by Crippen LogP contribution is -2.46. The summed E-state index contributed by atoms with van der Waals surface area (Å²) in [6, 6.07) is 19.0. The third-order valence-electron chi connectivity index (χ3n) is 11.5. The number of carbonyl (C=O) groups excluding carboxylic acids is 5. The summed E-state index contributed by atoms with van der Waals surface area (Å²) in [7, 11) is 1.46. The van der Waals surface area contributed by atoms with E-state index in [2.05, 4.69) is 26.1 Å². The van der Waals surface area contributed by atoms with Crippen LogP contribution in [-0.2, 0) is 31.0 Å². The highest BCUT2D eigenvalue weighted by Crippen LogP contribution is 2.40. The van der Waals surface area contributed by atoms with Crippen molar-refractivity contribution in [2.45, 2.75) is 90.6 Å². The van der Waals surface area contributed by atoms with Crippen molar-refractivity contribution in [2.75, 3.05) is 32.5 Å². The van der Waals surface area contributed by atoms with Crippen molar-refractivity contribution in [3.63, 3.8) is 0 Å². The topological polar surface area (TPSA) is 245 Å². The van der Waals surface area contributed by atoms with Gasteiger partial charge >= 0.3 is 0 Å². The second kappa shape index (κ2) is 20.6. The molecule has 4 atom stereocenters. The molecule has 8 N–H and O–H groups in total. The average molecular weight is 858 g/mol. The Morgan fingerprint density at radius 2 is 1.71 bits per heavy atom. The summed E-state index contributed by atoms with van der Waals surface area (Å²) >= 11 is 0. The molecular formula is C49H59N7O7. The van der Waals surface area contributed by atoms with Crippen molar-refractivity contribution in [3.8, 4) is 40.0 Å². The minimum atomic E-state index is -1.28. The fourth-order valence-electron chi connectivity index (χ4n) is 8.03. The van der Waals surface area contributed by atoms with Gasteiger partial charge in [-0.1, -0.05) is 64.1 Å². The number of likely N-dealkylation sites (N-methyl/N-ethyl adjacent to an activating group) is 1. The molecule has 0 radical (unpaired) electrons. The highest BCUT2D eigenvalue weighted by molar-refractivity contribution is 6.04. The average Bonchev–Trinajstić information content (AvgIpc) is 3.24. The number of pyridine rings is 1. The van der Waals surface area contributed by atoms with E-state index in [9.17, 15) is 34.3 Å². The number of nitrogen functional groups attached to an aromatic ring is 1. The van der Waals surface area contributed by atoms with Crippen LogP contribution < -0.4 is 27.3 Å². The van der Waals surface area contributed by atoms with Gasteiger partial charge in [-0.2, -0.15) is 5.26 Å². The summed E-state index contributed by atoms with van der Waals surface area (Å²) in [5, 5.41) is 23.3. The third kappa shape index (κ3) is 11.3. The Morgan fingerprint density at radius 1 is 1.00 bits per heavy atom. The van der Waals surface area contributed by atoms with E-state index >= 15 is 0 Å². The van der Waals surface area contributed by atoms with Gasteiger partial charge in [0, 0.05) is 73.5 Å². The number of fused-ring (bicyclic) bond motifs is 5. The number of aromatic hydroxyl groups is 1. The molecule has 2 heterocycles. The van der Waals surface area contributed by atoms with Gasteiger partial charge in [-0.05, 0) is 78.7 Å². The second-order valence-electron chi connectivity index (χ2n) is 17.3. The summed E-state index contributed by atoms with van der Waals surface area (Å²) < 4.78 is 5.97. The molecule has 0 unspecified atom stereocenters. The number of aromatic nitrogens is 1. The maximum absolute atomic E-state index is 14.7. The van der Waals surface area contributed by atoms with E-state index in [1.807, 2.05) is 30.3 Å². The smallest absolute Gasteiger partial charge is 0.226 e. The van der Waals surface area contributed by atoms with Crippen LogP contribution >= 0.6 is 0 Å². The summed E-state index contributed by atoms with van der Waals surface area (Å²) in [6.45, 7) is 10.0. The Labute approximate surface area is 369 Å². The molecule has 332 valence electrons. The van der Waals surface area contributed by atoms with Gasteiger partial charge < -0.3 is 37.3 Å². The Kier molecular flexibility index (Phi) is 15.6. The Balaban J connectivity index is 1.53. The second-order valence-corrected chi connectivity index (χ2v) is 17.3. The van der Waals surface area contributed by atoms with E-state index < -0.39 is 47.3 Å². The molecule has 3 aromatic carbocycles. The van der Waals surface area contributed by atoms with Crippen LogP contribution in [0.1, 0.15) is 98.6 Å². The number of Topliss-reactive ketones (excluding diaryl/α,β-unsaturated/α-hetero) is 3. The van der Waals surface area contributed by atoms with Crippen molar-refractivity contribution in [1.29, 1.82) is 5.26 Å². The molecule has 0 saturated heterocycles. The molecule has 4 bridgehead atoms. The third-order valence-corrected chi connectivity index (χ3v) is 11.5. The number of carbonyl (C=O) groups is 5. The molecule has 4 aromatic rings. The Bertz CT molecular complexity index is 2380. The van der Waals surface area contributed by atoms with Crippen molar-refractivity contribution < 1.29 is 33.8 Å². The maximum atomic E-state index is 14.7. The van der Waals surface area contributed by atoms with Gasteiger partial charge in [0.15, 0.2) is 17.3 Å². The first kappa shape index (κ1) is 47.6. The summed E-state index contributed by atoms with van der Waals surface area (Å²) in [5.41, 5.74) is 23.4. The molecule has 0 spiro atoms. The summed E-state index contributed by atoms with van der Waals surface area (Å²) in [6.07, 6.45) is -0.562. The number of rotatable bonds is 14.